The third-order valence-corrected chi connectivity index (χ3v) is 7.17. The van der Waals surface area contributed by atoms with Crippen molar-refractivity contribution >= 4 is 17.4 Å². The van der Waals surface area contributed by atoms with Gasteiger partial charge in [0, 0.05) is 10.5 Å². The molecule has 0 saturated heterocycles. The molecule has 2 aromatic heterocycles. The maximum Gasteiger partial charge on any atom is 0.138 e. The van der Waals surface area contributed by atoms with Crippen LogP contribution in [-0.4, -0.2) is 27.8 Å². The number of fused-ring (bicyclic) bond motifs is 1. The molecule has 0 aliphatic heterocycles. The van der Waals surface area contributed by atoms with Crippen molar-refractivity contribution < 1.29 is 4.74 Å². The van der Waals surface area contributed by atoms with Crippen LogP contribution in [0.1, 0.15) is 50.3 Å². The Labute approximate surface area is 193 Å². The number of aromatic nitrogens is 2. The van der Waals surface area contributed by atoms with Crippen molar-refractivity contribution in [1.29, 1.82) is 10.5 Å². The van der Waals surface area contributed by atoms with Gasteiger partial charge < -0.3 is 10.5 Å². The van der Waals surface area contributed by atoms with Crippen molar-refractivity contribution in [2.24, 2.45) is 11.7 Å². The number of pyridine rings is 1. The molecule has 0 unspecified atom stereocenters. The van der Waals surface area contributed by atoms with Gasteiger partial charge in [0.25, 0.3) is 0 Å². The van der Waals surface area contributed by atoms with Crippen LogP contribution in [0, 0.1) is 28.6 Å². The molecule has 1 aliphatic carbocycles. The lowest BCUT2D eigenvalue weighted by molar-refractivity contribution is 0.140. The van der Waals surface area contributed by atoms with Crippen molar-refractivity contribution in [2.75, 3.05) is 12.9 Å². The summed E-state index contributed by atoms with van der Waals surface area (Å²) in [5, 5.41) is 19.4. The van der Waals surface area contributed by atoms with Gasteiger partial charge in [0.1, 0.15) is 41.4 Å². The molecule has 0 spiro atoms. The summed E-state index contributed by atoms with van der Waals surface area (Å²) in [4.78, 5) is 5.28. The Balaban J connectivity index is 1.74. The fourth-order valence-corrected chi connectivity index (χ4v) is 5.27. The molecule has 1 saturated carbocycles. The number of rotatable bonds is 6. The van der Waals surface area contributed by atoms with Crippen LogP contribution in [0.4, 0.5) is 0 Å². The fourth-order valence-electron chi connectivity index (χ4n) is 4.67. The summed E-state index contributed by atoms with van der Waals surface area (Å²) in [7, 11) is 0. The van der Waals surface area contributed by atoms with E-state index in [1.165, 1.54) is 18.2 Å². The highest BCUT2D eigenvalue weighted by atomic mass is 32.2. The lowest BCUT2D eigenvalue weighted by Crippen LogP contribution is -2.49. The average Bonchev–Trinajstić information content (AvgIpc) is 3.26. The molecular weight excluding hydrogens is 418 g/mol. The molecule has 2 N–H and O–H groups in total. The first-order valence-electron chi connectivity index (χ1n) is 10.9. The van der Waals surface area contributed by atoms with Gasteiger partial charge in [0.05, 0.1) is 17.4 Å². The Hall–Kier alpha value is -3.00. The first kappa shape index (κ1) is 22.2. The normalized spacial score (nSPS) is 20.6. The first-order valence-corrected chi connectivity index (χ1v) is 12.1. The van der Waals surface area contributed by atoms with Crippen LogP contribution in [0.25, 0.3) is 16.9 Å². The Bertz CT molecular complexity index is 1220. The minimum atomic E-state index is -0.377. The van der Waals surface area contributed by atoms with Gasteiger partial charge in [0.15, 0.2) is 0 Å². The number of benzene rings is 1. The van der Waals surface area contributed by atoms with E-state index in [0.29, 0.717) is 35.2 Å². The van der Waals surface area contributed by atoms with Crippen molar-refractivity contribution in [3.63, 3.8) is 0 Å². The van der Waals surface area contributed by atoms with Crippen LogP contribution >= 0.6 is 11.8 Å². The zero-order valence-electron chi connectivity index (χ0n) is 18.5. The second-order valence-electron chi connectivity index (χ2n) is 8.54. The van der Waals surface area contributed by atoms with Gasteiger partial charge in [0.2, 0.25) is 0 Å². The third kappa shape index (κ3) is 4.19. The van der Waals surface area contributed by atoms with Gasteiger partial charge in [-0.15, -0.1) is 11.8 Å². The van der Waals surface area contributed by atoms with E-state index >= 15 is 0 Å². The summed E-state index contributed by atoms with van der Waals surface area (Å²) in [5.41, 5.74) is 9.69. The molecule has 32 heavy (non-hydrogen) atoms. The molecule has 1 fully saturated rings. The van der Waals surface area contributed by atoms with E-state index in [2.05, 4.69) is 24.0 Å². The Morgan fingerprint density at radius 1 is 1.31 bits per heavy atom. The Morgan fingerprint density at radius 3 is 2.88 bits per heavy atom. The van der Waals surface area contributed by atoms with Gasteiger partial charge in [-0.25, -0.2) is 4.98 Å². The zero-order valence-corrected chi connectivity index (χ0v) is 19.3. The van der Waals surface area contributed by atoms with Gasteiger partial charge in [-0.1, -0.05) is 32.3 Å². The van der Waals surface area contributed by atoms with E-state index in [0.717, 1.165) is 41.8 Å². The van der Waals surface area contributed by atoms with E-state index in [9.17, 15) is 10.5 Å². The van der Waals surface area contributed by atoms with Crippen LogP contribution in [0.3, 0.4) is 0 Å². The van der Waals surface area contributed by atoms with Gasteiger partial charge in [-0.3, -0.25) is 4.40 Å². The molecule has 1 aliphatic rings. The van der Waals surface area contributed by atoms with Crippen LogP contribution < -0.4 is 10.5 Å². The highest BCUT2D eigenvalue weighted by Gasteiger charge is 2.33. The summed E-state index contributed by atoms with van der Waals surface area (Å²) in [6, 6.07) is 13.8. The zero-order chi connectivity index (χ0) is 22.7. The largest absolute Gasteiger partial charge is 0.490 e. The number of nitriles is 2. The highest BCUT2D eigenvalue weighted by molar-refractivity contribution is 7.98. The third-order valence-electron chi connectivity index (χ3n) is 6.41. The van der Waals surface area contributed by atoms with E-state index < -0.39 is 0 Å². The SMILES string of the molecule is CC[C@H]1CCC[C@@](N)(COc2cc(-c3cnc4cccc(C#N)n34)cc(SC)c2C#N)C1. The van der Waals surface area contributed by atoms with Crippen LogP contribution in [0.2, 0.25) is 0 Å². The summed E-state index contributed by atoms with van der Waals surface area (Å²) in [6.07, 6.45) is 9.03. The van der Waals surface area contributed by atoms with Crippen LogP contribution in [0.15, 0.2) is 41.4 Å². The maximum absolute atomic E-state index is 9.85. The molecule has 0 radical (unpaired) electrons. The average molecular weight is 446 g/mol. The predicted octanol–water partition coefficient (Wildman–Crippen LogP) is 5.14. The smallest absolute Gasteiger partial charge is 0.138 e. The standard InChI is InChI=1S/C25H27N5OS/c1-3-17-6-5-9-25(28,12-17)16-31-22-10-18(11-23(32-2)20(22)14-27)21-15-29-24-8-4-7-19(13-26)30(21)24/h4,7-8,10-11,15,17H,3,5-6,9,12,16,28H2,1-2H3/t17-,25-/m0/s1. The van der Waals surface area contributed by atoms with Gasteiger partial charge >= 0.3 is 0 Å². The summed E-state index contributed by atoms with van der Waals surface area (Å²) in [5.74, 6) is 1.16. The number of nitrogens with zero attached hydrogens (tertiary/aromatic N) is 4. The van der Waals surface area contributed by atoms with Crippen molar-refractivity contribution in [3.05, 3.63) is 47.8 Å². The van der Waals surface area contributed by atoms with Crippen molar-refractivity contribution in [1.82, 2.24) is 9.38 Å². The van der Waals surface area contributed by atoms with E-state index in [-0.39, 0.29) is 5.54 Å². The second kappa shape index (κ2) is 9.24. The molecule has 1 aromatic carbocycles. The number of thioether (sulfide) groups is 1. The fraction of sp³-hybridized carbons (Fsp3) is 0.400. The molecule has 4 rings (SSSR count). The van der Waals surface area contributed by atoms with E-state index in [1.54, 1.807) is 12.3 Å². The summed E-state index contributed by atoms with van der Waals surface area (Å²) >= 11 is 1.50. The second-order valence-corrected chi connectivity index (χ2v) is 9.39. The minimum absolute atomic E-state index is 0.377. The molecule has 2 heterocycles. The van der Waals surface area contributed by atoms with E-state index in [1.807, 2.05) is 34.9 Å². The molecular formula is C25H27N5OS. The first-order chi connectivity index (χ1) is 15.5. The van der Waals surface area contributed by atoms with Crippen molar-refractivity contribution in [3.8, 4) is 29.1 Å². The Morgan fingerprint density at radius 2 is 2.16 bits per heavy atom. The van der Waals surface area contributed by atoms with E-state index in [4.69, 9.17) is 10.5 Å². The van der Waals surface area contributed by atoms with Crippen molar-refractivity contribution in [2.45, 2.75) is 49.5 Å². The molecule has 2 atom stereocenters. The van der Waals surface area contributed by atoms with Gasteiger partial charge in [-0.05, 0) is 49.3 Å². The highest BCUT2D eigenvalue weighted by Crippen LogP contribution is 2.37. The molecule has 3 aromatic rings. The molecule has 7 heteroatoms. The molecule has 0 bridgehead atoms. The number of ether oxygens (including phenoxy) is 1. The molecule has 0 amide bonds. The van der Waals surface area contributed by atoms with Crippen LogP contribution in [-0.2, 0) is 0 Å². The van der Waals surface area contributed by atoms with Gasteiger partial charge in [-0.2, -0.15) is 10.5 Å². The topological polar surface area (TPSA) is 100 Å². The molecule has 6 nitrogen and oxygen atoms in total. The lowest BCUT2D eigenvalue weighted by Gasteiger charge is -2.37. The number of hydrogen-bond acceptors (Lipinski definition) is 6. The lowest BCUT2D eigenvalue weighted by atomic mass is 9.76. The summed E-state index contributed by atoms with van der Waals surface area (Å²) < 4.78 is 8.08. The molecule has 164 valence electrons. The Kier molecular flexibility index (Phi) is 6.41. The number of nitrogens with two attached hydrogens (primary N) is 1. The maximum atomic E-state index is 9.85. The summed E-state index contributed by atoms with van der Waals surface area (Å²) in [6.45, 7) is 2.59. The van der Waals surface area contributed by atoms with Crippen LogP contribution in [0.5, 0.6) is 5.75 Å². The quantitative estimate of drug-likeness (QED) is 0.527. The monoisotopic (exact) mass is 445 g/mol. The minimum Gasteiger partial charge on any atom is -0.490 e. The number of imidazole rings is 1. The predicted molar refractivity (Wildman–Crippen MR) is 127 cm³/mol. The number of hydrogen-bond donors (Lipinski definition) is 1.